The maximum absolute atomic E-state index is 4.34. The molecule has 20 heavy (non-hydrogen) atoms. The van der Waals surface area contributed by atoms with E-state index in [0.29, 0.717) is 6.54 Å². The predicted octanol–water partition coefficient (Wildman–Crippen LogP) is 2.22. The second kappa shape index (κ2) is 4.34. The number of benzene rings is 1. The fourth-order valence-electron chi connectivity index (χ4n) is 2.25. The van der Waals surface area contributed by atoms with Crippen molar-refractivity contribution in [3.8, 4) is 0 Å². The van der Waals surface area contributed by atoms with E-state index in [1.807, 2.05) is 42.9 Å². The van der Waals surface area contributed by atoms with Gasteiger partial charge >= 0.3 is 0 Å². The number of hydrogen-bond donors (Lipinski definition) is 2. The summed E-state index contributed by atoms with van der Waals surface area (Å²) in [6.07, 6.45) is 7.32. The number of nitrogens with zero attached hydrogens (tertiary/aromatic N) is 4. The predicted molar refractivity (Wildman–Crippen MR) is 76.4 cm³/mol. The first-order valence-corrected chi connectivity index (χ1v) is 6.34. The van der Waals surface area contributed by atoms with Crippen LogP contribution < -0.4 is 5.32 Å². The van der Waals surface area contributed by atoms with Crippen LogP contribution in [0, 0.1) is 0 Å². The van der Waals surface area contributed by atoms with E-state index in [9.17, 15) is 0 Å². The average Bonchev–Trinajstić information content (AvgIpc) is 3.11. The molecule has 0 bridgehead atoms. The number of rotatable bonds is 3. The number of aromatic amines is 1. The Bertz CT molecular complexity index is 875. The van der Waals surface area contributed by atoms with Crippen molar-refractivity contribution in [2.75, 3.05) is 5.32 Å². The van der Waals surface area contributed by atoms with Crippen LogP contribution in [-0.2, 0) is 6.54 Å². The summed E-state index contributed by atoms with van der Waals surface area (Å²) in [7, 11) is 0. The summed E-state index contributed by atoms with van der Waals surface area (Å²) < 4.78 is 1.77. The molecule has 3 heterocycles. The van der Waals surface area contributed by atoms with Crippen LogP contribution in [0.4, 0.5) is 5.69 Å². The Labute approximate surface area is 114 Å². The molecule has 0 amide bonds. The van der Waals surface area contributed by atoms with E-state index < -0.39 is 0 Å². The number of hydrogen-bond acceptors (Lipinski definition) is 4. The maximum atomic E-state index is 4.34. The summed E-state index contributed by atoms with van der Waals surface area (Å²) in [5.74, 6) is 0. The summed E-state index contributed by atoms with van der Waals surface area (Å²) in [4.78, 5) is 4.34. The van der Waals surface area contributed by atoms with Gasteiger partial charge in [0.2, 0.25) is 0 Å². The summed E-state index contributed by atoms with van der Waals surface area (Å²) in [5, 5.41) is 15.7. The zero-order valence-electron chi connectivity index (χ0n) is 10.6. The monoisotopic (exact) mass is 264 g/mol. The molecule has 4 rings (SSSR count). The molecular weight excluding hydrogens is 252 g/mol. The summed E-state index contributed by atoms with van der Waals surface area (Å²) in [6, 6.07) is 7.98. The van der Waals surface area contributed by atoms with Gasteiger partial charge in [-0.25, -0.2) is 9.50 Å². The van der Waals surface area contributed by atoms with Crippen LogP contribution in [0.1, 0.15) is 5.56 Å². The lowest BCUT2D eigenvalue weighted by molar-refractivity contribution is 0.939. The van der Waals surface area contributed by atoms with Crippen LogP contribution in [-0.4, -0.2) is 24.8 Å². The molecule has 0 saturated heterocycles. The SMILES string of the molecule is c1cnc2c(CNc3ccc4cn[nH]c4c3)cnn2c1. The molecule has 0 aliphatic carbocycles. The number of fused-ring (bicyclic) bond motifs is 2. The molecule has 0 aliphatic rings. The van der Waals surface area contributed by atoms with Crippen molar-refractivity contribution < 1.29 is 0 Å². The van der Waals surface area contributed by atoms with Crippen molar-refractivity contribution in [3.05, 3.63) is 54.6 Å². The third-order valence-corrected chi connectivity index (χ3v) is 3.28. The lowest BCUT2D eigenvalue weighted by Gasteiger charge is -2.05. The molecule has 1 aromatic carbocycles. The molecule has 3 aromatic heterocycles. The number of aromatic nitrogens is 5. The molecular formula is C14H12N6. The van der Waals surface area contributed by atoms with Crippen LogP contribution >= 0.6 is 0 Å². The van der Waals surface area contributed by atoms with E-state index in [0.717, 1.165) is 27.8 Å². The standard InChI is InChI=1S/C14H12N6/c1-4-15-14-11(9-18-20(14)5-1)7-16-12-3-2-10-8-17-19-13(10)6-12/h1-6,8-9,16H,7H2,(H,17,19). The molecule has 4 aromatic rings. The fraction of sp³-hybridized carbons (Fsp3) is 0.0714. The third-order valence-electron chi connectivity index (χ3n) is 3.28. The summed E-state index contributed by atoms with van der Waals surface area (Å²) in [5.41, 5.74) is 4.00. The van der Waals surface area contributed by atoms with E-state index in [4.69, 9.17) is 0 Å². The topological polar surface area (TPSA) is 70.9 Å². The van der Waals surface area contributed by atoms with E-state index in [-0.39, 0.29) is 0 Å². The lowest BCUT2D eigenvalue weighted by atomic mass is 10.2. The Morgan fingerprint density at radius 2 is 2.25 bits per heavy atom. The Balaban J connectivity index is 1.60. The van der Waals surface area contributed by atoms with Crippen LogP contribution in [0.5, 0.6) is 0 Å². The van der Waals surface area contributed by atoms with Gasteiger partial charge in [0.25, 0.3) is 0 Å². The van der Waals surface area contributed by atoms with Crippen LogP contribution in [0.15, 0.2) is 49.1 Å². The van der Waals surface area contributed by atoms with Crippen molar-refractivity contribution >= 4 is 22.2 Å². The molecule has 0 atom stereocenters. The summed E-state index contributed by atoms with van der Waals surface area (Å²) >= 11 is 0. The van der Waals surface area contributed by atoms with Crippen molar-refractivity contribution in [1.82, 2.24) is 24.8 Å². The van der Waals surface area contributed by atoms with Crippen LogP contribution in [0.25, 0.3) is 16.6 Å². The van der Waals surface area contributed by atoms with Gasteiger partial charge in [-0.05, 0) is 24.3 Å². The highest BCUT2D eigenvalue weighted by molar-refractivity contribution is 5.81. The number of H-pyrrole nitrogens is 1. The highest BCUT2D eigenvalue weighted by Crippen LogP contribution is 2.17. The minimum atomic E-state index is 0.681. The van der Waals surface area contributed by atoms with Crippen LogP contribution in [0.3, 0.4) is 0 Å². The maximum Gasteiger partial charge on any atom is 0.159 e. The molecule has 0 radical (unpaired) electrons. The quantitative estimate of drug-likeness (QED) is 0.595. The Hall–Kier alpha value is -2.89. The molecule has 6 nitrogen and oxygen atoms in total. The van der Waals surface area contributed by atoms with E-state index >= 15 is 0 Å². The highest BCUT2D eigenvalue weighted by atomic mass is 15.2. The van der Waals surface area contributed by atoms with Crippen molar-refractivity contribution in [2.45, 2.75) is 6.54 Å². The van der Waals surface area contributed by atoms with Gasteiger partial charge in [-0.1, -0.05) is 0 Å². The van der Waals surface area contributed by atoms with Gasteiger partial charge in [-0.15, -0.1) is 0 Å². The Morgan fingerprint density at radius 1 is 1.25 bits per heavy atom. The van der Waals surface area contributed by atoms with Gasteiger partial charge in [-0.3, -0.25) is 5.10 Å². The van der Waals surface area contributed by atoms with Gasteiger partial charge in [0.15, 0.2) is 5.65 Å². The minimum Gasteiger partial charge on any atom is -0.381 e. The molecule has 6 heteroatoms. The van der Waals surface area contributed by atoms with Crippen LogP contribution in [0.2, 0.25) is 0 Å². The third kappa shape index (κ3) is 1.78. The molecule has 98 valence electrons. The Morgan fingerprint density at radius 3 is 3.25 bits per heavy atom. The smallest absolute Gasteiger partial charge is 0.159 e. The first-order chi connectivity index (χ1) is 9.90. The van der Waals surface area contributed by atoms with E-state index in [1.165, 1.54) is 0 Å². The Kier molecular flexibility index (Phi) is 2.38. The van der Waals surface area contributed by atoms with Gasteiger partial charge in [0, 0.05) is 35.6 Å². The second-order valence-electron chi connectivity index (χ2n) is 4.58. The zero-order valence-corrected chi connectivity index (χ0v) is 10.6. The highest BCUT2D eigenvalue weighted by Gasteiger charge is 2.04. The molecule has 0 spiro atoms. The number of anilines is 1. The second-order valence-corrected chi connectivity index (χ2v) is 4.58. The van der Waals surface area contributed by atoms with Gasteiger partial charge in [0.05, 0.1) is 17.9 Å². The molecule has 0 fully saturated rings. The minimum absolute atomic E-state index is 0.681. The van der Waals surface area contributed by atoms with E-state index in [2.05, 4.69) is 25.6 Å². The van der Waals surface area contributed by atoms with Gasteiger partial charge in [0.1, 0.15) is 0 Å². The van der Waals surface area contributed by atoms with Crippen molar-refractivity contribution in [3.63, 3.8) is 0 Å². The molecule has 0 aliphatic heterocycles. The number of nitrogens with one attached hydrogen (secondary N) is 2. The largest absolute Gasteiger partial charge is 0.381 e. The zero-order chi connectivity index (χ0) is 13.4. The van der Waals surface area contributed by atoms with Gasteiger partial charge < -0.3 is 5.32 Å². The first-order valence-electron chi connectivity index (χ1n) is 6.34. The van der Waals surface area contributed by atoms with Crippen molar-refractivity contribution in [2.24, 2.45) is 0 Å². The van der Waals surface area contributed by atoms with Gasteiger partial charge in [-0.2, -0.15) is 10.2 Å². The average molecular weight is 264 g/mol. The lowest BCUT2D eigenvalue weighted by Crippen LogP contribution is -1.99. The normalized spacial score (nSPS) is 11.2. The van der Waals surface area contributed by atoms with Crippen molar-refractivity contribution in [1.29, 1.82) is 0 Å². The summed E-state index contributed by atoms with van der Waals surface area (Å²) in [6.45, 7) is 0.681. The van der Waals surface area contributed by atoms with E-state index in [1.54, 1.807) is 10.7 Å². The fourth-order valence-corrected chi connectivity index (χ4v) is 2.25. The molecule has 0 saturated carbocycles. The molecule has 0 unspecified atom stereocenters. The molecule has 2 N–H and O–H groups in total. The first kappa shape index (κ1) is 11.0.